The van der Waals surface area contributed by atoms with Crippen molar-refractivity contribution in [3.63, 3.8) is 0 Å². The van der Waals surface area contributed by atoms with Gasteiger partial charge >= 0.3 is 0 Å². The first-order valence-corrected chi connectivity index (χ1v) is 10.3. The first-order valence-electron chi connectivity index (χ1n) is 9.56. The van der Waals surface area contributed by atoms with E-state index in [0.717, 1.165) is 17.3 Å². The van der Waals surface area contributed by atoms with Crippen LogP contribution in [0.15, 0.2) is 36.7 Å². The Morgan fingerprint density at radius 1 is 1.24 bits per heavy atom. The van der Waals surface area contributed by atoms with Gasteiger partial charge in [-0.1, -0.05) is 0 Å². The second-order valence-corrected chi connectivity index (χ2v) is 8.56. The SMILES string of the molecule is CC(=O)N(C)c1cccnc1Nc1nc(-c2ccc(NC34CC(C3)C4)cn2)ns1. The molecule has 8 nitrogen and oxygen atoms in total. The van der Waals surface area contributed by atoms with Gasteiger partial charge in [-0.2, -0.15) is 9.36 Å². The largest absolute Gasteiger partial charge is 0.378 e. The minimum Gasteiger partial charge on any atom is -0.378 e. The monoisotopic (exact) mass is 407 g/mol. The highest BCUT2D eigenvalue weighted by Crippen LogP contribution is 2.58. The number of carbonyl (C=O) groups excluding carboxylic acids is 1. The van der Waals surface area contributed by atoms with Crippen molar-refractivity contribution in [2.24, 2.45) is 5.92 Å². The lowest BCUT2D eigenvalue weighted by Crippen LogP contribution is -2.63. The van der Waals surface area contributed by atoms with Crippen LogP contribution in [0.2, 0.25) is 0 Å². The van der Waals surface area contributed by atoms with E-state index in [1.54, 1.807) is 19.3 Å². The minimum atomic E-state index is -0.0734. The van der Waals surface area contributed by atoms with E-state index in [1.165, 1.54) is 42.6 Å². The average Bonchev–Trinajstić information content (AvgIpc) is 3.12. The van der Waals surface area contributed by atoms with E-state index in [2.05, 4.69) is 30.0 Å². The molecule has 148 valence electrons. The molecule has 3 saturated carbocycles. The van der Waals surface area contributed by atoms with E-state index in [-0.39, 0.29) is 5.91 Å². The van der Waals surface area contributed by atoms with Crippen molar-refractivity contribution in [2.75, 3.05) is 22.6 Å². The fourth-order valence-electron chi connectivity index (χ4n) is 3.95. The third-order valence-corrected chi connectivity index (χ3v) is 6.34. The highest BCUT2D eigenvalue weighted by Gasteiger charge is 2.56. The number of aromatic nitrogens is 4. The Hall–Kier alpha value is -3.07. The van der Waals surface area contributed by atoms with Crippen LogP contribution in [0, 0.1) is 5.92 Å². The first-order chi connectivity index (χ1) is 14.0. The van der Waals surface area contributed by atoms with Gasteiger partial charge in [-0.3, -0.25) is 9.78 Å². The Morgan fingerprint density at radius 3 is 2.72 bits per heavy atom. The smallest absolute Gasteiger partial charge is 0.223 e. The molecular weight excluding hydrogens is 386 g/mol. The van der Waals surface area contributed by atoms with Crippen molar-refractivity contribution in [1.29, 1.82) is 0 Å². The van der Waals surface area contributed by atoms with Crippen LogP contribution in [0.25, 0.3) is 11.5 Å². The second-order valence-electron chi connectivity index (χ2n) is 7.81. The molecule has 3 heterocycles. The summed E-state index contributed by atoms with van der Waals surface area (Å²) in [5.41, 5.74) is 2.78. The highest BCUT2D eigenvalue weighted by molar-refractivity contribution is 7.09. The number of carbonyl (C=O) groups is 1. The second kappa shape index (κ2) is 6.77. The molecule has 0 aliphatic heterocycles. The molecule has 0 radical (unpaired) electrons. The molecule has 3 aliphatic carbocycles. The number of amides is 1. The number of anilines is 4. The predicted octanol–water partition coefficient (Wildman–Crippen LogP) is 3.69. The van der Waals surface area contributed by atoms with Crippen LogP contribution in [-0.4, -0.2) is 37.8 Å². The van der Waals surface area contributed by atoms with Gasteiger partial charge in [-0.05, 0) is 49.4 Å². The zero-order valence-electron chi connectivity index (χ0n) is 16.2. The summed E-state index contributed by atoms with van der Waals surface area (Å²) in [6, 6.07) is 7.60. The number of rotatable bonds is 6. The Labute approximate surface area is 172 Å². The Balaban J connectivity index is 1.30. The van der Waals surface area contributed by atoms with Crippen LogP contribution >= 0.6 is 11.5 Å². The third-order valence-electron chi connectivity index (χ3n) is 5.71. The van der Waals surface area contributed by atoms with Crippen LogP contribution in [-0.2, 0) is 4.79 Å². The molecule has 3 aromatic rings. The van der Waals surface area contributed by atoms with Gasteiger partial charge in [0.15, 0.2) is 11.6 Å². The zero-order valence-corrected chi connectivity index (χ0v) is 17.0. The van der Waals surface area contributed by atoms with Crippen LogP contribution in [0.4, 0.5) is 22.3 Å². The van der Waals surface area contributed by atoms with E-state index < -0.39 is 0 Å². The van der Waals surface area contributed by atoms with Crippen molar-refractivity contribution in [3.8, 4) is 11.5 Å². The molecule has 2 bridgehead atoms. The molecule has 29 heavy (non-hydrogen) atoms. The molecule has 0 aromatic carbocycles. The number of hydrogen-bond acceptors (Lipinski definition) is 8. The molecule has 0 saturated heterocycles. The van der Waals surface area contributed by atoms with E-state index in [0.29, 0.717) is 28.0 Å². The molecule has 2 N–H and O–H groups in total. The molecule has 1 amide bonds. The Kier molecular flexibility index (Phi) is 4.20. The summed E-state index contributed by atoms with van der Waals surface area (Å²) >= 11 is 1.23. The third kappa shape index (κ3) is 3.31. The van der Waals surface area contributed by atoms with Gasteiger partial charge in [0.25, 0.3) is 0 Å². The lowest BCUT2D eigenvalue weighted by atomic mass is 9.50. The van der Waals surface area contributed by atoms with Crippen molar-refractivity contribution >= 4 is 39.8 Å². The quantitative estimate of drug-likeness (QED) is 0.643. The Morgan fingerprint density at radius 2 is 2.07 bits per heavy atom. The van der Waals surface area contributed by atoms with Crippen LogP contribution < -0.4 is 15.5 Å². The standard InChI is InChI=1S/C20H21N7OS/c1-12(28)27(2)16-4-3-7-21-18(16)24-19-23-17(26-29-19)15-6-5-14(11-22-15)25-20-8-13(9-20)10-20/h3-7,11,13,25H,8-10H2,1-2H3,(H,21,23,24,26). The zero-order chi connectivity index (χ0) is 20.0. The Bertz CT molecular complexity index is 1050. The number of nitrogens with one attached hydrogen (secondary N) is 2. The normalized spacial score (nSPS) is 21.7. The maximum atomic E-state index is 11.7. The molecule has 3 aliphatic rings. The van der Waals surface area contributed by atoms with Crippen LogP contribution in [0.3, 0.4) is 0 Å². The maximum absolute atomic E-state index is 11.7. The van der Waals surface area contributed by atoms with Gasteiger partial charge in [0.2, 0.25) is 11.0 Å². The lowest BCUT2D eigenvalue weighted by molar-refractivity contribution is -0.116. The topological polar surface area (TPSA) is 95.9 Å². The molecule has 3 aromatic heterocycles. The van der Waals surface area contributed by atoms with Gasteiger partial charge in [-0.15, -0.1) is 0 Å². The average molecular weight is 408 g/mol. The summed E-state index contributed by atoms with van der Waals surface area (Å²) in [5.74, 6) is 1.98. The van der Waals surface area contributed by atoms with Crippen molar-refractivity contribution < 1.29 is 4.79 Å². The lowest BCUT2D eigenvalue weighted by Gasteiger charge is -2.62. The minimum absolute atomic E-state index is 0.0734. The maximum Gasteiger partial charge on any atom is 0.223 e. The van der Waals surface area contributed by atoms with Gasteiger partial charge in [0.1, 0.15) is 5.69 Å². The summed E-state index contributed by atoms with van der Waals surface area (Å²) in [4.78, 5) is 26.6. The van der Waals surface area contributed by atoms with Crippen molar-refractivity contribution in [1.82, 2.24) is 19.3 Å². The summed E-state index contributed by atoms with van der Waals surface area (Å²) in [5, 5.41) is 7.36. The van der Waals surface area contributed by atoms with E-state index in [4.69, 9.17) is 0 Å². The van der Waals surface area contributed by atoms with Gasteiger partial charge in [0, 0.05) is 37.2 Å². The van der Waals surface area contributed by atoms with Gasteiger partial charge in [-0.25, -0.2) is 4.98 Å². The van der Waals surface area contributed by atoms with Gasteiger partial charge < -0.3 is 15.5 Å². The first kappa shape index (κ1) is 18.0. The molecule has 6 rings (SSSR count). The van der Waals surface area contributed by atoms with Crippen LogP contribution in [0.5, 0.6) is 0 Å². The number of pyridine rings is 2. The van der Waals surface area contributed by atoms with Gasteiger partial charge in [0.05, 0.1) is 17.6 Å². The molecule has 9 heteroatoms. The van der Waals surface area contributed by atoms with E-state index in [9.17, 15) is 4.79 Å². The number of hydrogen-bond donors (Lipinski definition) is 2. The van der Waals surface area contributed by atoms with Crippen molar-refractivity contribution in [2.45, 2.75) is 31.7 Å². The summed E-state index contributed by atoms with van der Waals surface area (Å²) in [7, 11) is 1.71. The molecular formula is C20H21N7OS. The molecule has 3 fully saturated rings. The van der Waals surface area contributed by atoms with E-state index in [1.807, 2.05) is 24.4 Å². The summed E-state index contributed by atoms with van der Waals surface area (Å²) in [6.45, 7) is 1.51. The highest BCUT2D eigenvalue weighted by atomic mass is 32.1. The van der Waals surface area contributed by atoms with Crippen molar-refractivity contribution in [3.05, 3.63) is 36.7 Å². The molecule has 0 unspecified atom stereocenters. The summed E-state index contributed by atoms with van der Waals surface area (Å²) < 4.78 is 4.41. The predicted molar refractivity (Wildman–Crippen MR) is 113 cm³/mol. The molecule has 0 spiro atoms. The molecule has 0 atom stereocenters. The number of nitrogens with zero attached hydrogens (tertiary/aromatic N) is 5. The van der Waals surface area contributed by atoms with Crippen LogP contribution in [0.1, 0.15) is 26.2 Å². The summed E-state index contributed by atoms with van der Waals surface area (Å²) in [6.07, 6.45) is 7.37. The van der Waals surface area contributed by atoms with E-state index >= 15 is 0 Å². The fourth-order valence-corrected chi connectivity index (χ4v) is 4.53. The fraction of sp³-hybridized carbons (Fsp3) is 0.350.